The Morgan fingerprint density at radius 2 is 2.30 bits per heavy atom. The van der Waals surface area contributed by atoms with Gasteiger partial charge in [0.25, 0.3) is 0 Å². The molecule has 0 saturated carbocycles. The molecule has 1 aliphatic rings. The van der Waals surface area contributed by atoms with E-state index in [0.717, 1.165) is 35.4 Å². The highest BCUT2D eigenvalue weighted by atomic mass is 79.9. The summed E-state index contributed by atoms with van der Waals surface area (Å²) in [5, 5.41) is 3.28. The molecule has 1 atom stereocenters. The highest BCUT2D eigenvalue weighted by molar-refractivity contribution is 9.10. The van der Waals surface area contributed by atoms with Crippen LogP contribution in [0.15, 0.2) is 16.6 Å². The molecule has 4 nitrogen and oxygen atoms in total. The lowest BCUT2D eigenvalue weighted by atomic mass is 10.1. The number of nitrogens with one attached hydrogen (secondary N) is 1. The number of halogens is 1. The van der Waals surface area contributed by atoms with Crippen LogP contribution in [0.1, 0.15) is 25.0 Å². The molecule has 0 spiro atoms. The smallest absolute Gasteiger partial charge is 0.239 e. The van der Waals surface area contributed by atoms with Crippen LogP contribution >= 0.6 is 15.9 Å². The molecular formula is C15H21BrN2O2. The summed E-state index contributed by atoms with van der Waals surface area (Å²) in [7, 11) is 1.82. The predicted molar refractivity (Wildman–Crippen MR) is 83.0 cm³/mol. The summed E-state index contributed by atoms with van der Waals surface area (Å²) in [5.74, 6) is 1.09. The van der Waals surface area contributed by atoms with Gasteiger partial charge in [-0.3, -0.25) is 4.79 Å². The van der Waals surface area contributed by atoms with Gasteiger partial charge in [-0.15, -0.1) is 0 Å². The Labute approximate surface area is 128 Å². The second kappa shape index (κ2) is 6.59. The zero-order valence-corrected chi connectivity index (χ0v) is 13.8. The fraction of sp³-hybridized carbons (Fsp3) is 0.533. The van der Waals surface area contributed by atoms with Crippen molar-refractivity contribution in [2.45, 2.75) is 32.9 Å². The maximum Gasteiger partial charge on any atom is 0.239 e. The lowest BCUT2D eigenvalue weighted by Crippen LogP contribution is -2.42. The Morgan fingerprint density at radius 1 is 1.55 bits per heavy atom. The summed E-state index contributed by atoms with van der Waals surface area (Å²) in [5.41, 5.74) is 2.34. The van der Waals surface area contributed by atoms with Gasteiger partial charge < -0.3 is 15.0 Å². The molecule has 0 aromatic heterocycles. The van der Waals surface area contributed by atoms with Gasteiger partial charge in [0, 0.05) is 36.6 Å². The largest absolute Gasteiger partial charge is 0.493 e. The number of carbonyl (C=O) groups excluding carboxylic acids is 1. The minimum atomic E-state index is -0.198. The number of ether oxygens (including phenoxy) is 1. The van der Waals surface area contributed by atoms with Crippen molar-refractivity contribution in [3.8, 4) is 5.75 Å². The average molecular weight is 341 g/mol. The number of hydrogen-bond donors (Lipinski definition) is 1. The highest BCUT2D eigenvalue weighted by Gasteiger charge is 2.20. The van der Waals surface area contributed by atoms with Gasteiger partial charge in [0.05, 0.1) is 12.6 Å². The van der Waals surface area contributed by atoms with Crippen LogP contribution in [-0.4, -0.2) is 37.0 Å². The second-order valence-corrected chi connectivity index (χ2v) is 6.02. The number of benzene rings is 1. The van der Waals surface area contributed by atoms with E-state index < -0.39 is 0 Å². The summed E-state index contributed by atoms with van der Waals surface area (Å²) in [6.07, 6.45) is 0.953. The third-order valence-corrected chi connectivity index (χ3v) is 4.10. The number of amides is 1. The van der Waals surface area contributed by atoms with E-state index in [4.69, 9.17) is 4.74 Å². The van der Waals surface area contributed by atoms with Crippen LogP contribution in [0.3, 0.4) is 0 Å². The van der Waals surface area contributed by atoms with Gasteiger partial charge in [-0.1, -0.05) is 15.9 Å². The third kappa shape index (κ3) is 3.33. The maximum absolute atomic E-state index is 12.0. The Hall–Kier alpha value is -1.07. The predicted octanol–water partition coefficient (Wildman–Crippen LogP) is 2.34. The molecular weight excluding hydrogens is 320 g/mol. The highest BCUT2D eigenvalue weighted by Crippen LogP contribution is 2.32. The summed E-state index contributed by atoms with van der Waals surface area (Å²) in [6.45, 7) is 5.96. The van der Waals surface area contributed by atoms with Crippen molar-refractivity contribution < 1.29 is 9.53 Å². The first kappa shape index (κ1) is 15.3. The van der Waals surface area contributed by atoms with E-state index in [0.29, 0.717) is 6.54 Å². The number of hydrogen-bond acceptors (Lipinski definition) is 3. The molecule has 1 amide bonds. The molecule has 1 aliphatic heterocycles. The van der Waals surface area contributed by atoms with Crippen LogP contribution in [0.2, 0.25) is 0 Å². The van der Waals surface area contributed by atoms with E-state index in [1.54, 1.807) is 4.90 Å². The van der Waals surface area contributed by atoms with Crippen molar-refractivity contribution >= 4 is 21.8 Å². The molecule has 1 aromatic rings. The Kier molecular flexibility index (Phi) is 5.05. The van der Waals surface area contributed by atoms with Crippen LogP contribution in [0.5, 0.6) is 5.75 Å². The normalized spacial score (nSPS) is 14.6. The zero-order chi connectivity index (χ0) is 14.7. The van der Waals surface area contributed by atoms with E-state index in [1.807, 2.05) is 20.9 Å². The van der Waals surface area contributed by atoms with Gasteiger partial charge in [-0.2, -0.15) is 0 Å². The Bertz CT molecular complexity index is 505. The quantitative estimate of drug-likeness (QED) is 0.894. The van der Waals surface area contributed by atoms with Crippen LogP contribution in [0.25, 0.3) is 0 Å². The second-order valence-electron chi connectivity index (χ2n) is 5.11. The van der Waals surface area contributed by atoms with Gasteiger partial charge in [0.15, 0.2) is 0 Å². The zero-order valence-electron chi connectivity index (χ0n) is 12.2. The summed E-state index contributed by atoms with van der Waals surface area (Å²) >= 11 is 3.53. The monoisotopic (exact) mass is 340 g/mol. The minimum Gasteiger partial charge on any atom is -0.493 e. The SMILES string of the molecule is CCN(C)C(=O)C(C)NCc1cc(Br)cc2c1OCC2. The molecule has 0 bridgehead atoms. The summed E-state index contributed by atoms with van der Waals surface area (Å²) < 4.78 is 6.75. The van der Waals surface area contributed by atoms with Crippen molar-refractivity contribution in [3.63, 3.8) is 0 Å². The molecule has 2 rings (SSSR count). The first-order chi connectivity index (χ1) is 9.52. The standard InChI is InChI=1S/C15H21BrN2O2/c1-4-18(3)15(19)10(2)17-9-12-8-13(16)7-11-5-6-20-14(11)12/h7-8,10,17H,4-6,9H2,1-3H3. The average Bonchev–Trinajstić information content (AvgIpc) is 2.90. The molecule has 1 N–H and O–H groups in total. The van der Waals surface area contributed by atoms with Crippen molar-refractivity contribution in [3.05, 3.63) is 27.7 Å². The van der Waals surface area contributed by atoms with Crippen molar-refractivity contribution in [2.24, 2.45) is 0 Å². The van der Waals surface area contributed by atoms with Gasteiger partial charge in [-0.05, 0) is 31.5 Å². The molecule has 1 heterocycles. The molecule has 1 unspecified atom stereocenters. The molecule has 0 saturated heterocycles. The Balaban J connectivity index is 2.03. The van der Waals surface area contributed by atoms with Gasteiger partial charge in [0.2, 0.25) is 5.91 Å². The number of fused-ring (bicyclic) bond motifs is 1. The third-order valence-electron chi connectivity index (χ3n) is 3.65. The molecule has 0 radical (unpaired) electrons. The lowest BCUT2D eigenvalue weighted by molar-refractivity contribution is -0.131. The molecule has 20 heavy (non-hydrogen) atoms. The minimum absolute atomic E-state index is 0.111. The lowest BCUT2D eigenvalue weighted by Gasteiger charge is -2.21. The van der Waals surface area contributed by atoms with E-state index in [2.05, 4.69) is 33.4 Å². The van der Waals surface area contributed by atoms with Crippen molar-refractivity contribution in [2.75, 3.05) is 20.2 Å². The molecule has 5 heteroatoms. The summed E-state index contributed by atoms with van der Waals surface area (Å²) in [4.78, 5) is 13.7. The van der Waals surface area contributed by atoms with Crippen LogP contribution in [0.4, 0.5) is 0 Å². The van der Waals surface area contributed by atoms with Crippen LogP contribution in [0, 0.1) is 0 Å². The number of rotatable bonds is 5. The van der Waals surface area contributed by atoms with Crippen LogP contribution < -0.4 is 10.1 Å². The summed E-state index contributed by atoms with van der Waals surface area (Å²) in [6, 6.07) is 3.96. The van der Waals surface area contributed by atoms with E-state index in [-0.39, 0.29) is 11.9 Å². The van der Waals surface area contributed by atoms with E-state index >= 15 is 0 Å². The number of carbonyl (C=O) groups is 1. The van der Waals surface area contributed by atoms with Gasteiger partial charge in [-0.25, -0.2) is 0 Å². The molecule has 110 valence electrons. The van der Waals surface area contributed by atoms with Gasteiger partial charge in [0.1, 0.15) is 5.75 Å². The molecule has 0 aliphatic carbocycles. The number of nitrogens with zero attached hydrogens (tertiary/aromatic N) is 1. The first-order valence-corrected chi connectivity index (χ1v) is 7.74. The number of likely N-dealkylation sites (N-methyl/N-ethyl adjacent to an activating group) is 1. The Morgan fingerprint density at radius 3 is 3.00 bits per heavy atom. The maximum atomic E-state index is 12.0. The van der Waals surface area contributed by atoms with E-state index in [9.17, 15) is 4.79 Å². The van der Waals surface area contributed by atoms with Crippen molar-refractivity contribution in [1.29, 1.82) is 0 Å². The fourth-order valence-corrected chi connectivity index (χ4v) is 2.87. The molecule has 0 fully saturated rings. The fourth-order valence-electron chi connectivity index (χ4n) is 2.31. The topological polar surface area (TPSA) is 41.6 Å². The van der Waals surface area contributed by atoms with E-state index in [1.165, 1.54) is 5.56 Å². The first-order valence-electron chi connectivity index (χ1n) is 6.95. The van der Waals surface area contributed by atoms with Crippen molar-refractivity contribution in [1.82, 2.24) is 10.2 Å². The van der Waals surface area contributed by atoms with Gasteiger partial charge >= 0.3 is 0 Å². The van der Waals surface area contributed by atoms with Crippen LogP contribution in [-0.2, 0) is 17.8 Å². The molecule has 1 aromatic carbocycles.